The highest BCUT2D eigenvalue weighted by Crippen LogP contribution is 2.25. The van der Waals surface area contributed by atoms with E-state index in [-0.39, 0.29) is 16.5 Å². The minimum Gasteiger partial charge on any atom is -0.254 e. The molecule has 0 aliphatic carbocycles. The minimum atomic E-state index is -3.47. The Labute approximate surface area is 141 Å². The Morgan fingerprint density at radius 1 is 1.43 bits per heavy atom. The van der Waals surface area contributed by atoms with Crippen molar-refractivity contribution in [1.82, 2.24) is 0 Å². The standard InChI is InChI=1S/C15H21ClFN3O2S/c1-4-5-6-13(10(2)15(16)20-18)19-14-8-7-11(9-12(14)17)23(3,21)22/h7-10,15,18H,4-6H2,1-3H3. The number of sulfone groups is 1. The summed E-state index contributed by atoms with van der Waals surface area (Å²) >= 11 is 5.97. The third kappa shape index (κ3) is 5.66. The number of unbranched alkanes of at least 4 members (excludes halogenated alkanes) is 1. The molecule has 2 atom stereocenters. The number of rotatable bonds is 8. The van der Waals surface area contributed by atoms with Crippen LogP contribution in [0.4, 0.5) is 10.1 Å². The summed E-state index contributed by atoms with van der Waals surface area (Å²) in [5, 5.41) is 3.29. The van der Waals surface area contributed by atoms with Crippen LogP contribution in [-0.4, -0.2) is 25.9 Å². The predicted molar refractivity (Wildman–Crippen MR) is 90.1 cm³/mol. The van der Waals surface area contributed by atoms with Gasteiger partial charge in [0.1, 0.15) is 5.82 Å². The average molecular weight is 362 g/mol. The van der Waals surface area contributed by atoms with Crippen LogP contribution < -0.4 is 0 Å². The number of hydrogen-bond donors (Lipinski definition) is 1. The number of aliphatic imine (C=N–C) groups is 1. The second-order valence-electron chi connectivity index (χ2n) is 5.38. The first-order valence-electron chi connectivity index (χ1n) is 7.28. The first-order valence-corrected chi connectivity index (χ1v) is 9.61. The normalized spacial score (nSPS) is 15.3. The first kappa shape index (κ1) is 19.7. The lowest BCUT2D eigenvalue weighted by atomic mass is 10.00. The summed E-state index contributed by atoms with van der Waals surface area (Å²) < 4.78 is 37.0. The second kappa shape index (κ2) is 8.49. The maximum absolute atomic E-state index is 14.1. The Kier molecular flexibility index (Phi) is 7.28. The lowest BCUT2D eigenvalue weighted by Crippen LogP contribution is -2.19. The van der Waals surface area contributed by atoms with Crippen LogP contribution in [0.2, 0.25) is 0 Å². The third-order valence-electron chi connectivity index (χ3n) is 3.46. The first-order chi connectivity index (χ1) is 10.7. The van der Waals surface area contributed by atoms with E-state index in [9.17, 15) is 12.8 Å². The Morgan fingerprint density at radius 3 is 2.57 bits per heavy atom. The molecule has 0 saturated carbocycles. The van der Waals surface area contributed by atoms with E-state index in [1.54, 1.807) is 6.92 Å². The van der Waals surface area contributed by atoms with Crippen LogP contribution in [0.3, 0.4) is 0 Å². The van der Waals surface area contributed by atoms with Crippen LogP contribution in [0.25, 0.3) is 0 Å². The van der Waals surface area contributed by atoms with Gasteiger partial charge in [0.2, 0.25) is 0 Å². The molecular formula is C15H21ClFN3O2S. The van der Waals surface area contributed by atoms with Crippen molar-refractivity contribution in [2.24, 2.45) is 16.0 Å². The monoisotopic (exact) mass is 361 g/mol. The van der Waals surface area contributed by atoms with Crippen LogP contribution >= 0.6 is 11.6 Å². The molecule has 0 bridgehead atoms. The summed E-state index contributed by atoms with van der Waals surface area (Å²) in [5.41, 5.74) is 6.97. The largest absolute Gasteiger partial charge is 0.254 e. The molecule has 0 aromatic heterocycles. The molecule has 8 heteroatoms. The van der Waals surface area contributed by atoms with Crippen LogP contribution in [0.5, 0.6) is 0 Å². The number of benzene rings is 1. The lowest BCUT2D eigenvalue weighted by Gasteiger charge is -2.16. The van der Waals surface area contributed by atoms with E-state index < -0.39 is 21.2 Å². The molecule has 0 radical (unpaired) electrons. The lowest BCUT2D eigenvalue weighted by molar-refractivity contribution is 0.596. The molecule has 0 aliphatic heterocycles. The Balaban J connectivity index is 3.23. The number of alkyl halides is 1. The fourth-order valence-electron chi connectivity index (χ4n) is 1.98. The van der Waals surface area contributed by atoms with Gasteiger partial charge >= 0.3 is 0 Å². The van der Waals surface area contributed by atoms with Crippen LogP contribution in [0, 0.1) is 17.3 Å². The minimum absolute atomic E-state index is 0.0594. The summed E-state index contributed by atoms with van der Waals surface area (Å²) in [4.78, 5) is 4.22. The van der Waals surface area contributed by atoms with Crippen LogP contribution in [-0.2, 0) is 9.84 Å². The molecule has 0 heterocycles. The summed E-state index contributed by atoms with van der Waals surface area (Å²) in [6, 6.07) is 3.63. The Morgan fingerprint density at radius 2 is 2.09 bits per heavy atom. The molecule has 0 fully saturated rings. The van der Waals surface area contributed by atoms with E-state index >= 15 is 0 Å². The maximum Gasteiger partial charge on any atom is 0.175 e. The number of nitrogens with zero attached hydrogens (tertiary/aromatic N) is 2. The van der Waals surface area contributed by atoms with Crippen LogP contribution in [0.1, 0.15) is 33.1 Å². The summed E-state index contributed by atoms with van der Waals surface area (Å²) in [6.45, 7) is 3.81. The van der Waals surface area contributed by atoms with Crippen molar-refractivity contribution in [3.8, 4) is 0 Å². The quantitative estimate of drug-likeness (QED) is 0.314. The molecule has 23 heavy (non-hydrogen) atoms. The highest BCUT2D eigenvalue weighted by Gasteiger charge is 2.20. The van der Waals surface area contributed by atoms with Gasteiger partial charge in [0.05, 0.1) is 10.6 Å². The SMILES string of the molecule is CCCCC(=Nc1ccc(S(C)(=O)=O)cc1F)C(C)C(Cl)N=N. The van der Waals surface area contributed by atoms with Gasteiger partial charge in [-0.3, -0.25) is 4.99 Å². The smallest absolute Gasteiger partial charge is 0.175 e. The molecule has 0 amide bonds. The van der Waals surface area contributed by atoms with Gasteiger partial charge in [-0.05, 0) is 31.0 Å². The topological polar surface area (TPSA) is 82.7 Å². The molecule has 0 saturated heterocycles. The van der Waals surface area contributed by atoms with Crippen molar-refractivity contribution >= 4 is 32.8 Å². The zero-order valence-corrected chi connectivity index (χ0v) is 15.0. The van der Waals surface area contributed by atoms with Gasteiger partial charge in [0.25, 0.3) is 0 Å². The fraction of sp³-hybridized carbons (Fsp3) is 0.533. The van der Waals surface area contributed by atoms with Gasteiger partial charge < -0.3 is 0 Å². The molecule has 2 unspecified atom stereocenters. The van der Waals surface area contributed by atoms with E-state index in [0.29, 0.717) is 12.1 Å². The number of halogens is 2. The summed E-state index contributed by atoms with van der Waals surface area (Å²) in [7, 11) is -3.47. The van der Waals surface area contributed by atoms with Gasteiger partial charge in [-0.15, -0.1) is 0 Å². The van der Waals surface area contributed by atoms with Crippen molar-refractivity contribution < 1.29 is 12.8 Å². The van der Waals surface area contributed by atoms with Crippen molar-refractivity contribution in [3.63, 3.8) is 0 Å². The highest BCUT2D eigenvalue weighted by molar-refractivity contribution is 7.90. The van der Waals surface area contributed by atoms with E-state index in [0.717, 1.165) is 25.2 Å². The summed E-state index contributed by atoms with van der Waals surface area (Å²) in [5.74, 6) is -1.02. The van der Waals surface area contributed by atoms with E-state index in [1.165, 1.54) is 12.1 Å². The van der Waals surface area contributed by atoms with Gasteiger partial charge in [-0.2, -0.15) is 5.11 Å². The fourth-order valence-corrected chi connectivity index (χ4v) is 2.76. The van der Waals surface area contributed by atoms with Crippen molar-refractivity contribution in [3.05, 3.63) is 24.0 Å². The molecule has 1 aromatic carbocycles. The number of nitrogens with one attached hydrogen (secondary N) is 1. The molecule has 1 aromatic rings. The Hall–Kier alpha value is -1.34. The second-order valence-corrected chi connectivity index (χ2v) is 7.85. The van der Waals surface area contributed by atoms with Crippen molar-refractivity contribution in [2.45, 2.75) is 43.5 Å². The van der Waals surface area contributed by atoms with Crippen molar-refractivity contribution in [1.29, 1.82) is 5.53 Å². The van der Waals surface area contributed by atoms with E-state index in [4.69, 9.17) is 17.1 Å². The molecule has 5 nitrogen and oxygen atoms in total. The number of hydrogen-bond acceptors (Lipinski definition) is 5. The zero-order chi connectivity index (χ0) is 17.6. The molecule has 128 valence electrons. The Bertz CT molecular complexity index is 692. The molecule has 0 spiro atoms. The molecular weight excluding hydrogens is 341 g/mol. The molecule has 1 rings (SSSR count). The zero-order valence-electron chi connectivity index (χ0n) is 13.4. The average Bonchev–Trinajstić information content (AvgIpc) is 2.50. The van der Waals surface area contributed by atoms with E-state index in [2.05, 4.69) is 10.1 Å². The molecule has 1 N–H and O–H groups in total. The predicted octanol–water partition coefficient (Wildman–Crippen LogP) is 4.72. The van der Waals surface area contributed by atoms with Gasteiger partial charge in [0.15, 0.2) is 15.3 Å². The van der Waals surface area contributed by atoms with Gasteiger partial charge in [0, 0.05) is 17.9 Å². The third-order valence-corrected chi connectivity index (χ3v) is 5.05. The van der Waals surface area contributed by atoms with Gasteiger partial charge in [-0.1, -0.05) is 31.9 Å². The summed E-state index contributed by atoms with van der Waals surface area (Å²) in [6.07, 6.45) is 3.43. The van der Waals surface area contributed by atoms with E-state index in [1.807, 2.05) is 6.92 Å². The van der Waals surface area contributed by atoms with Crippen molar-refractivity contribution in [2.75, 3.05) is 6.26 Å². The van der Waals surface area contributed by atoms with Crippen LogP contribution in [0.15, 0.2) is 33.2 Å². The van der Waals surface area contributed by atoms with Gasteiger partial charge in [-0.25, -0.2) is 18.3 Å². The maximum atomic E-state index is 14.1. The highest BCUT2D eigenvalue weighted by atomic mass is 35.5. The molecule has 0 aliphatic rings.